The van der Waals surface area contributed by atoms with E-state index >= 15 is 0 Å². The van der Waals surface area contributed by atoms with E-state index in [2.05, 4.69) is 169 Å². The van der Waals surface area contributed by atoms with Crippen LogP contribution in [-0.2, 0) is 0 Å². The molecule has 0 aliphatic carbocycles. The fourth-order valence-corrected chi connectivity index (χ4v) is 11.8. The van der Waals surface area contributed by atoms with Crippen molar-refractivity contribution < 1.29 is 0 Å². The lowest BCUT2D eigenvalue weighted by molar-refractivity contribution is 0.838. The predicted molar refractivity (Wildman–Crippen MR) is 182 cm³/mol. The minimum absolute atomic E-state index is 0.596. The summed E-state index contributed by atoms with van der Waals surface area (Å²) in [5.41, 5.74) is 13.4. The summed E-state index contributed by atoms with van der Waals surface area (Å²) in [6.07, 6.45) is 0. The van der Waals surface area contributed by atoms with Crippen molar-refractivity contribution in [3.05, 3.63) is 95.1 Å². The Balaban J connectivity index is 1.91. The molecule has 0 fully saturated rings. The zero-order chi connectivity index (χ0) is 29.1. The lowest BCUT2D eigenvalue weighted by Crippen LogP contribution is -2.43. The van der Waals surface area contributed by atoms with E-state index in [0.29, 0.717) is 16.6 Å². The Morgan fingerprint density at radius 3 is 1.10 bits per heavy atom. The van der Waals surface area contributed by atoms with Crippen molar-refractivity contribution in [2.45, 2.75) is 77.8 Å². The van der Waals surface area contributed by atoms with Crippen molar-refractivity contribution in [1.82, 2.24) is 0 Å². The highest BCUT2D eigenvalue weighted by atomic mass is 28.3. The van der Waals surface area contributed by atoms with Gasteiger partial charge >= 0.3 is 0 Å². The van der Waals surface area contributed by atoms with Crippen LogP contribution in [-0.4, -0.2) is 16.1 Å². The minimum Gasteiger partial charge on any atom is -0.127 e. The van der Waals surface area contributed by atoms with Crippen LogP contribution >= 0.6 is 0 Å². The topological polar surface area (TPSA) is 0 Å². The molecule has 40 heavy (non-hydrogen) atoms. The van der Waals surface area contributed by atoms with Crippen LogP contribution in [0.15, 0.2) is 72.8 Å². The molecule has 0 aliphatic heterocycles. The molecule has 4 aromatic rings. The van der Waals surface area contributed by atoms with Crippen molar-refractivity contribution in [3.63, 3.8) is 0 Å². The number of hydrogen-bond acceptors (Lipinski definition) is 0. The summed E-state index contributed by atoms with van der Waals surface area (Å²) in [7, 11) is -3.36. The fraction of sp³-hybridized carbons (Fsp3) is 0.316. The second kappa shape index (κ2) is 11.9. The van der Waals surface area contributed by atoms with Gasteiger partial charge in [0.25, 0.3) is 0 Å². The van der Waals surface area contributed by atoms with Crippen molar-refractivity contribution in [2.24, 2.45) is 0 Å². The van der Waals surface area contributed by atoms with Crippen LogP contribution in [0.2, 0.25) is 36.3 Å². The smallest absolute Gasteiger partial charge is 0.127 e. The van der Waals surface area contributed by atoms with Crippen LogP contribution in [0, 0.1) is 34.8 Å². The first-order chi connectivity index (χ1) is 18.9. The summed E-state index contributed by atoms with van der Waals surface area (Å²) < 4.78 is 0. The average Bonchev–Trinajstić information content (AvgIpc) is 2.89. The Kier molecular flexibility index (Phi) is 8.81. The molecule has 4 rings (SSSR count). The van der Waals surface area contributed by atoms with Crippen molar-refractivity contribution in [3.8, 4) is 34.8 Å². The molecule has 0 saturated heterocycles. The Morgan fingerprint density at radius 1 is 0.450 bits per heavy atom. The Bertz CT molecular complexity index is 1700. The van der Waals surface area contributed by atoms with Crippen LogP contribution in [0.25, 0.3) is 21.5 Å². The molecule has 0 unspecified atom stereocenters. The first-order valence-corrected chi connectivity index (χ1v) is 20.3. The zero-order valence-corrected chi connectivity index (χ0v) is 27.7. The third kappa shape index (κ3) is 6.13. The summed E-state index contributed by atoms with van der Waals surface area (Å²) in [4.78, 5) is 0. The maximum Gasteiger partial charge on any atom is 0.146 e. The molecule has 0 saturated carbocycles. The maximum atomic E-state index is 3.93. The summed E-state index contributed by atoms with van der Waals surface area (Å²) in [6.45, 7) is 21.1. The second-order valence-electron chi connectivity index (χ2n) is 12.8. The van der Waals surface area contributed by atoms with E-state index in [1.165, 1.54) is 10.8 Å². The van der Waals surface area contributed by atoms with Gasteiger partial charge in [0, 0.05) is 33.0 Å². The highest BCUT2D eigenvalue weighted by Crippen LogP contribution is 2.41. The van der Waals surface area contributed by atoms with Gasteiger partial charge in [0.15, 0.2) is 0 Å². The Labute approximate surface area is 244 Å². The minimum atomic E-state index is -1.85. The first kappa shape index (κ1) is 29.5. The molecule has 0 atom stereocenters. The summed E-state index contributed by atoms with van der Waals surface area (Å²) in [5, 5.41) is 4.66. The van der Waals surface area contributed by atoms with Gasteiger partial charge in [-0.25, -0.2) is 0 Å². The summed E-state index contributed by atoms with van der Waals surface area (Å²) >= 11 is 0. The molecule has 202 valence electrons. The molecule has 4 aromatic carbocycles. The number of benzene rings is 4. The zero-order valence-electron chi connectivity index (χ0n) is 25.7. The number of hydrogen-bond donors (Lipinski definition) is 0. The van der Waals surface area contributed by atoms with E-state index < -0.39 is 16.1 Å². The van der Waals surface area contributed by atoms with Gasteiger partial charge in [0.1, 0.15) is 16.1 Å². The van der Waals surface area contributed by atoms with Crippen LogP contribution in [0.3, 0.4) is 0 Å². The Hall–Kier alpha value is -3.49. The molecule has 0 nitrogen and oxygen atoms in total. The van der Waals surface area contributed by atoms with Crippen LogP contribution in [0.5, 0.6) is 0 Å². The second-order valence-corrected chi connectivity index (χ2v) is 23.1. The van der Waals surface area contributed by atoms with Crippen LogP contribution in [0.1, 0.15) is 63.8 Å². The quantitative estimate of drug-likeness (QED) is 0.175. The molecule has 0 aliphatic rings. The third-order valence-corrected chi connectivity index (χ3v) is 15.2. The molecule has 0 spiro atoms. The standard InChI is InChI=1S/C38H42Si2/c1-28(2)40(29(3)4,30(5)6)27-25-36-21-13-17-32-15-11-19-34(38(32)36)23-22-33-18-10-14-31-16-12-20-35(37(31)33)24-26-39(7,8)9/h10-21,28-30H,1-9H3. The summed E-state index contributed by atoms with van der Waals surface area (Å²) in [5.74, 6) is 14.3. The molecule has 0 bridgehead atoms. The van der Waals surface area contributed by atoms with E-state index in [1.54, 1.807) is 0 Å². The molecule has 0 heterocycles. The SMILES string of the molecule is CC(C)[Si](C#Cc1cccc2cccc(C#Cc3cccc4cccc(C#C[Si](C)(C)C)c34)c12)(C(C)C)C(C)C. The highest BCUT2D eigenvalue weighted by molar-refractivity contribution is 6.90. The third-order valence-electron chi connectivity index (χ3n) is 7.99. The molecule has 2 heteroatoms. The van der Waals surface area contributed by atoms with Crippen LogP contribution in [0.4, 0.5) is 0 Å². The van der Waals surface area contributed by atoms with Crippen molar-refractivity contribution in [1.29, 1.82) is 0 Å². The largest absolute Gasteiger partial charge is 0.146 e. The fourth-order valence-electron chi connectivity index (χ4n) is 6.10. The van der Waals surface area contributed by atoms with E-state index in [1.807, 2.05) is 0 Å². The lowest BCUT2D eigenvalue weighted by atomic mass is 9.97. The van der Waals surface area contributed by atoms with Gasteiger partial charge in [-0.3, -0.25) is 0 Å². The van der Waals surface area contributed by atoms with Gasteiger partial charge in [0.2, 0.25) is 0 Å². The van der Waals surface area contributed by atoms with Crippen LogP contribution < -0.4 is 0 Å². The monoisotopic (exact) mass is 554 g/mol. The maximum absolute atomic E-state index is 3.93. The van der Waals surface area contributed by atoms with Gasteiger partial charge in [-0.05, 0) is 51.7 Å². The van der Waals surface area contributed by atoms with Gasteiger partial charge < -0.3 is 0 Å². The Morgan fingerprint density at radius 2 is 0.775 bits per heavy atom. The average molecular weight is 555 g/mol. The molecular weight excluding hydrogens is 513 g/mol. The molecular formula is C38H42Si2. The highest BCUT2D eigenvalue weighted by Gasteiger charge is 2.41. The predicted octanol–water partition coefficient (Wildman–Crippen LogP) is 10.2. The molecule has 0 radical (unpaired) electrons. The molecule has 0 amide bonds. The first-order valence-electron chi connectivity index (χ1n) is 14.6. The van der Waals surface area contributed by atoms with Crippen molar-refractivity contribution >= 4 is 37.7 Å². The van der Waals surface area contributed by atoms with E-state index in [9.17, 15) is 0 Å². The van der Waals surface area contributed by atoms with Gasteiger partial charge in [-0.2, -0.15) is 0 Å². The number of rotatable bonds is 3. The van der Waals surface area contributed by atoms with Crippen molar-refractivity contribution in [2.75, 3.05) is 0 Å². The van der Waals surface area contributed by atoms with Gasteiger partial charge in [-0.1, -0.05) is 133 Å². The molecule has 0 N–H and O–H groups in total. The summed E-state index contributed by atoms with van der Waals surface area (Å²) in [6, 6.07) is 25.6. The van der Waals surface area contributed by atoms with E-state index in [-0.39, 0.29) is 0 Å². The van der Waals surface area contributed by atoms with E-state index in [0.717, 1.165) is 33.0 Å². The lowest BCUT2D eigenvalue weighted by Gasteiger charge is -2.38. The van der Waals surface area contributed by atoms with Gasteiger partial charge in [-0.15, -0.1) is 11.1 Å². The normalized spacial score (nSPS) is 11.7. The molecule has 0 aromatic heterocycles. The van der Waals surface area contributed by atoms with E-state index in [4.69, 9.17) is 0 Å². The van der Waals surface area contributed by atoms with Gasteiger partial charge in [0.05, 0.1) is 0 Å². The number of fused-ring (bicyclic) bond motifs is 2.